The molecule has 1 aliphatic heterocycles. The van der Waals surface area contributed by atoms with Crippen LogP contribution in [0, 0.1) is 0 Å². The van der Waals surface area contributed by atoms with E-state index >= 15 is 0 Å². The summed E-state index contributed by atoms with van der Waals surface area (Å²) in [5.74, 6) is -0.153. The average Bonchev–Trinajstić information content (AvgIpc) is 2.97. The minimum Gasteiger partial charge on any atom is -0.378 e. The van der Waals surface area contributed by atoms with E-state index in [2.05, 4.69) is 26.1 Å². The molecule has 5 nitrogen and oxygen atoms in total. The number of anilines is 2. The number of halogens is 2. The van der Waals surface area contributed by atoms with Crippen LogP contribution in [0.3, 0.4) is 0 Å². The van der Waals surface area contributed by atoms with E-state index in [1.54, 1.807) is 0 Å². The Labute approximate surface area is 154 Å². The van der Waals surface area contributed by atoms with Crippen LogP contribution < -0.4 is 10.2 Å². The molecule has 1 fully saturated rings. The molecule has 1 amide bonds. The normalized spacial score (nSPS) is 14.7. The predicted molar refractivity (Wildman–Crippen MR) is 100 cm³/mol. The molecule has 1 saturated heterocycles. The highest BCUT2D eigenvalue weighted by Crippen LogP contribution is 2.34. The number of aromatic nitrogens is 1. The molecule has 1 aromatic carbocycles. The summed E-state index contributed by atoms with van der Waals surface area (Å²) in [6, 6.07) is 7.38. The molecule has 1 aliphatic rings. The van der Waals surface area contributed by atoms with Crippen molar-refractivity contribution in [2.24, 2.45) is 0 Å². The van der Waals surface area contributed by atoms with E-state index in [4.69, 9.17) is 16.3 Å². The van der Waals surface area contributed by atoms with Crippen LogP contribution in [0.2, 0.25) is 5.02 Å². The number of carbonyl (C=O) groups is 1. The molecule has 1 N–H and O–H groups in total. The first kappa shape index (κ1) is 17.3. The standard InChI is InChI=1S/C17H19BrClN3O2/c1-2-21-11-12(18)10-15(21)17(23)20-14-5-3-4-13(19)16(14)22-6-8-24-9-7-22/h3-5,10-11H,2,6-9H2,1H3,(H,20,23). The number of ether oxygens (including phenoxy) is 1. The predicted octanol–water partition coefficient (Wildman–Crippen LogP) is 4.01. The maximum absolute atomic E-state index is 12.7. The second-order valence-electron chi connectivity index (χ2n) is 5.52. The minimum atomic E-state index is -0.153. The molecule has 0 bridgehead atoms. The molecule has 0 unspecified atom stereocenters. The van der Waals surface area contributed by atoms with Gasteiger partial charge >= 0.3 is 0 Å². The lowest BCUT2D eigenvalue weighted by Crippen LogP contribution is -2.37. The second kappa shape index (κ2) is 7.59. The van der Waals surface area contributed by atoms with Crippen molar-refractivity contribution in [3.8, 4) is 0 Å². The van der Waals surface area contributed by atoms with Crippen molar-refractivity contribution in [2.75, 3.05) is 36.5 Å². The van der Waals surface area contributed by atoms with Gasteiger partial charge in [0.25, 0.3) is 5.91 Å². The molecule has 0 spiro atoms. The van der Waals surface area contributed by atoms with Gasteiger partial charge in [-0.2, -0.15) is 0 Å². The number of carbonyl (C=O) groups excluding carboxylic acids is 1. The zero-order valence-corrected chi connectivity index (χ0v) is 15.7. The Morgan fingerprint density at radius 1 is 1.38 bits per heavy atom. The number of morpholine rings is 1. The molecular formula is C17H19BrClN3O2. The zero-order valence-electron chi connectivity index (χ0n) is 13.4. The van der Waals surface area contributed by atoms with Crippen LogP contribution in [0.15, 0.2) is 34.9 Å². The van der Waals surface area contributed by atoms with Gasteiger partial charge in [-0.3, -0.25) is 4.79 Å². The van der Waals surface area contributed by atoms with Crippen LogP contribution >= 0.6 is 27.5 Å². The van der Waals surface area contributed by atoms with Crippen LogP contribution in [0.4, 0.5) is 11.4 Å². The maximum Gasteiger partial charge on any atom is 0.272 e. The molecule has 3 rings (SSSR count). The maximum atomic E-state index is 12.7. The van der Waals surface area contributed by atoms with E-state index in [0.29, 0.717) is 23.9 Å². The highest BCUT2D eigenvalue weighted by molar-refractivity contribution is 9.10. The Balaban J connectivity index is 1.89. The number of amides is 1. The quantitative estimate of drug-likeness (QED) is 0.825. The number of rotatable bonds is 4. The van der Waals surface area contributed by atoms with Crippen LogP contribution in [-0.2, 0) is 11.3 Å². The highest BCUT2D eigenvalue weighted by atomic mass is 79.9. The van der Waals surface area contributed by atoms with Crippen molar-refractivity contribution < 1.29 is 9.53 Å². The van der Waals surface area contributed by atoms with E-state index in [1.165, 1.54) is 0 Å². The Hall–Kier alpha value is -1.50. The molecule has 0 saturated carbocycles. The van der Waals surface area contributed by atoms with Gasteiger partial charge in [0.15, 0.2) is 0 Å². The first-order valence-electron chi connectivity index (χ1n) is 7.88. The van der Waals surface area contributed by atoms with Crippen molar-refractivity contribution in [2.45, 2.75) is 13.5 Å². The number of para-hydroxylation sites is 1. The topological polar surface area (TPSA) is 46.5 Å². The molecule has 2 heterocycles. The molecule has 24 heavy (non-hydrogen) atoms. The molecule has 2 aromatic rings. The number of hydrogen-bond donors (Lipinski definition) is 1. The summed E-state index contributed by atoms with van der Waals surface area (Å²) in [6.07, 6.45) is 1.90. The Bertz CT molecular complexity index is 741. The van der Waals surface area contributed by atoms with Crippen molar-refractivity contribution in [3.05, 3.63) is 45.7 Å². The highest BCUT2D eigenvalue weighted by Gasteiger charge is 2.20. The van der Waals surface area contributed by atoms with Gasteiger partial charge in [-0.15, -0.1) is 0 Å². The SMILES string of the molecule is CCn1cc(Br)cc1C(=O)Nc1cccc(Cl)c1N1CCOCC1. The summed E-state index contributed by atoms with van der Waals surface area (Å²) >= 11 is 9.83. The largest absolute Gasteiger partial charge is 0.378 e. The number of benzene rings is 1. The van der Waals surface area contributed by atoms with E-state index < -0.39 is 0 Å². The number of aryl methyl sites for hydroxylation is 1. The van der Waals surface area contributed by atoms with Gasteiger partial charge in [-0.05, 0) is 41.1 Å². The van der Waals surface area contributed by atoms with Gasteiger partial charge in [-0.1, -0.05) is 17.7 Å². The van der Waals surface area contributed by atoms with E-state index in [1.807, 2.05) is 42.0 Å². The first-order chi connectivity index (χ1) is 11.6. The summed E-state index contributed by atoms with van der Waals surface area (Å²) in [5.41, 5.74) is 2.18. The number of nitrogens with one attached hydrogen (secondary N) is 1. The summed E-state index contributed by atoms with van der Waals surface area (Å²) in [7, 11) is 0. The van der Waals surface area contributed by atoms with Gasteiger partial charge in [0, 0.05) is 30.3 Å². The Morgan fingerprint density at radius 2 is 2.12 bits per heavy atom. The van der Waals surface area contributed by atoms with Crippen molar-refractivity contribution in [3.63, 3.8) is 0 Å². The second-order valence-corrected chi connectivity index (χ2v) is 6.84. The van der Waals surface area contributed by atoms with Crippen LogP contribution in [0.25, 0.3) is 0 Å². The Morgan fingerprint density at radius 3 is 2.83 bits per heavy atom. The monoisotopic (exact) mass is 411 g/mol. The smallest absolute Gasteiger partial charge is 0.272 e. The molecule has 128 valence electrons. The lowest BCUT2D eigenvalue weighted by molar-refractivity contribution is 0.101. The molecule has 7 heteroatoms. The average molecular weight is 413 g/mol. The lowest BCUT2D eigenvalue weighted by Gasteiger charge is -2.31. The third-order valence-electron chi connectivity index (χ3n) is 4.00. The van der Waals surface area contributed by atoms with Crippen molar-refractivity contribution >= 4 is 44.8 Å². The van der Waals surface area contributed by atoms with Crippen LogP contribution in [0.5, 0.6) is 0 Å². The molecule has 0 atom stereocenters. The lowest BCUT2D eigenvalue weighted by atomic mass is 10.2. The number of nitrogens with zero attached hydrogens (tertiary/aromatic N) is 2. The van der Waals surface area contributed by atoms with Gasteiger partial charge < -0.3 is 19.5 Å². The molecule has 0 radical (unpaired) electrons. The molecule has 1 aromatic heterocycles. The first-order valence-corrected chi connectivity index (χ1v) is 9.05. The fourth-order valence-corrected chi connectivity index (χ4v) is 3.60. The number of hydrogen-bond acceptors (Lipinski definition) is 3. The Kier molecular flexibility index (Phi) is 5.48. The van der Waals surface area contributed by atoms with Crippen LogP contribution in [0.1, 0.15) is 17.4 Å². The van der Waals surface area contributed by atoms with Gasteiger partial charge in [-0.25, -0.2) is 0 Å². The van der Waals surface area contributed by atoms with Gasteiger partial charge in [0.05, 0.1) is 29.6 Å². The molecular weight excluding hydrogens is 394 g/mol. The van der Waals surface area contributed by atoms with E-state index in [-0.39, 0.29) is 5.91 Å². The zero-order chi connectivity index (χ0) is 17.1. The minimum absolute atomic E-state index is 0.153. The fourth-order valence-electron chi connectivity index (χ4n) is 2.84. The van der Waals surface area contributed by atoms with Gasteiger partial charge in [0.2, 0.25) is 0 Å². The molecule has 0 aliphatic carbocycles. The van der Waals surface area contributed by atoms with E-state index in [9.17, 15) is 4.79 Å². The van der Waals surface area contributed by atoms with Gasteiger partial charge in [0.1, 0.15) is 5.69 Å². The third kappa shape index (κ3) is 3.61. The summed E-state index contributed by atoms with van der Waals surface area (Å²) in [6.45, 7) is 5.55. The van der Waals surface area contributed by atoms with E-state index in [0.717, 1.165) is 35.5 Å². The third-order valence-corrected chi connectivity index (χ3v) is 4.74. The van der Waals surface area contributed by atoms with Crippen LogP contribution in [-0.4, -0.2) is 36.8 Å². The summed E-state index contributed by atoms with van der Waals surface area (Å²) in [4.78, 5) is 14.9. The van der Waals surface area contributed by atoms with Crippen molar-refractivity contribution in [1.82, 2.24) is 4.57 Å². The summed E-state index contributed by atoms with van der Waals surface area (Å²) in [5, 5.41) is 3.63. The fraction of sp³-hybridized carbons (Fsp3) is 0.353. The van der Waals surface area contributed by atoms with Crippen molar-refractivity contribution in [1.29, 1.82) is 0 Å². The summed E-state index contributed by atoms with van der Waals surface area (Å²) < 4.78 is 8.19.